The second-order valence-electron chi connectivity index (χ2n) is 3.88. The van der Waals surface area contributed by atoms with E-state index in [2.05, 4.69) is 12.2 Å². The van der Waals surface area contributed by atoms with Crippen LogP contribution < -0.4 is 10.1 Å². The van der Waals surface area contributed by atoms with Crippen molar-refractivity contribution in [2.75, 3.05) is 19.7 Å². The van der Waals surface area contributed by atoms with Crippen molar-refractivity contribution in [1.82, 2.24) is 5.32 Å². The average Bonchev–Trinajstić information content (AvgIpc) is 2.32. The zero-order valence-electron chi connectivity index (χ0n) is 10.1. The SMILES string of the molecule is CCCNCCCCOc1ccc(F)c(F)c1. The maximum Gasteiger partial charge on any atom is 0.162 e. The van der Waals surface area contributed by atoms with Crippen LogP contribution >= 0.6 is 0 Å². The van der Waals surface area contributed by atoms with E-state index in [-0.39, 0.29) is 0 Å². The van der Waals surface area contributed by atoms with E-state index < -0.39 is 11.6 Å². The molecule has 96 valence electrons. The zero-order valence-corrected chi connectivity index (χ0v) is 10.1. The predicted octanol–water partition coefficient (Wildman–Crippen LogP) is 3.12. The Bertz CT molecular complexity index is 331. The third-order valence-electron chi connectivity index (χ3n) is 2.33. The Balaban J connectivity index is 2.11. The maximum atomic E-state index is 12.8. The fourth-order valence-corrected chi connectivity index (χ4v) is 1.41. The summed E-state index contributed by atoms with van der Waals surface area (Å²) in [5.74, 6) is -1.33. The van der Waals surface area contributed by atoms with Gasteiger partial charge in [-0.25, -0.2) is 8.78 Å². The van der Waals surface area contributed by atoms with Gasteiger partial charge in [-0.15, -0.1) is 0 Å². The standard InChI is InChI=1S/C13H19F2NO/c1-2-7-16-8-3-4-9-17-11-5-6-12(14)13(15)10-11/h5-6,10,16H,2-4,7-9H2,1H3. The molecular formula is C13H19F2NO. The Morgan fingerprint density at radius 1 is 1.12 bits per heavy atom. The van der Waals surface area contributed by atoms with E-state index in [9.17, 15) is 8.78 Å². The largest absolute Gasteiger partial charge is 0.493 e. The van der Waals surface area contributed by atoms with Gasteiger partial charge < -0.3 is 10.1 Å². The van der Waals surface area contributed by atoms with Gasteiger partial charge in [0.1, 0.15) is 5.75 Å². The van der Waals surface area contributed by atoms with Gasteiger partial charge in [-0.3, -0.25) is 0 Å². The molecule has 0 aliphatic rings. The molecule has 0 aliphatic heterocycles. The van der Waals surface area contributed by atoms with Gasteiger partial charge in [0.05, 0.1) is 6.61 Å². The minimum absolute atomic E-state index is 0.380. The summed E-state index contributed by atoms with van der Waals surface area (Å²) in [5, 5.41) is 3.29. The van der Waals surface area contributed by atoms with Crippen LogP contribution in [-0.2, 0) is 0 Å². The minimum Gasteiger partial charge on any atom is -0.493 e. The first-order valence-corrected chi connectivity index (χ1v) is 6.02. The van der Waals surface area contributed by atoms with E-state index in [1.54, 1.807) is 0 Å². The number of hydrogen-bond acceptors (Lipinski definition) is 2. The van der Waals surface area contributed by atoms with Crippen molar-refractivity contribution in [2.45, 2.75) is 26.2 Å². The molecule has 0 aliphatic carbocycles. The molecule has 1 aromatic rings. The molecule has 0 heterocycles. The van der Waals surface area contributed by atoms with Crippen molar-refractivity contribution in [3.05, 3.63) is 29.8 Å². The molecule has 4 heteroatoms. The summed E-state index contributed by atoms with van der Waals surface area (Å²) in [6.45, 7) is 4.65. The highest BCUT2D eigenvalue weighted by Gasteiger charge is 2.02. The molecule has 0 radical (unpaired) electrons. The molecule has 1 aromatic carbocycles. The molecule has 0 unspecified atom stereocenters. The molecule has 0 saturated heterocycles. The summed E-state index contributed by atoms with van der Waals surface area (Å²) < 4.78 is 30.8. The van der Waals surface area contributed by atoms with Gasteiger partial charge in [0.25, 0.3) is 0 Å². The van der Waals surface area contributed by atoms with Crippen molar-refractivity contribution in [3.63, 3.8) is 0 Å². The number of rotatable bonds is 8. The monoisotopic (exact) mass is 243 g/mol. The molecule has 17 heavy (non-hydrogen) atoms. The quantitative estimate of drug-likeness (QED) is 0.708. The maximum absolute atomic E-state index is 12.8. The third kappa shape index (κ3) is 5.63. The number of halogens is 2. The first-order chi connectivity index (χ1) is 8.24. The summed E-state index contributed by atoms with van der Waals surface area (Å²) in [7, 11) is 0. The van der Waals surface area contributed by atoms with E-state index in [0.717, 1.165) is 44.5 Å². The molecule has 0 aromatic heterocycles. The van der Waals surface area contributed by atoms with Gasteiger partial charge in [0, 0.05) is 6.07 Å². The van der Waals surface area contributed by atoms with E-state index >= 15 is 0 Å². The van der Waals surface area contributed by atoms with Crippen molar-refractivity contribution in [3.8, 4) is 5.75 Å². The molecule has 0 amide bonds. The van der Waals surface area contributed by atoms with E-state index in [1.807, 2.05) is 0 Å². The highest BCUT2D eigenvalue weighted by atomic mass is 19.2. The second kappa shape index (κ2) is 8.01. The second-order valence-corrected chi connectivity index (χ2v) is 3.88. The highest BCUT2D eigenvalue weighted by molar-refractivity contribution is 5.23. The zero-order chi connectivity index (χ0) is 12.5. The number of hydrogen-bond donors (Lipinski definition) is 1. The van der Waals surface area contributed by atoms with Crippen molar-refractivity contribution >= 4 is 0 Å². The first kappa shape index (κ1) is 13.9. The molecule has 0 spiro atoms. The molecular weight excluding hydrogens is 224 g/mol. The molecule has 2 nitrogen and oxygen atoms in total. The molecule has 1 N–H and O–H groups in total. The lowest BCUT2D eigenvalue weighted by atomic mass is 10.3. The normalized spacial score (nSPS) is 10.5. The van der Waals surface area contributed by atoms with Crippen LogP contribution in [0.5, 0.6) is 5.75 Å². The molecule has 0 saturated carbocycles. The van der Waals surface area contributed by atoms with Gasteiger partial charge in [0.2, 0.25) is 0 Å². The minimum atomic E-state index is -0.868. The molecule has 0 bridgehead atoms. The number of nitrogens with one attached hydrogen (secondary N) is 1. The molecule has 1 rings (SSSR count). The average molecular weight is 243 g/mol. The fourth-order valence-electron chi connectivity index (χ4n) is 1.41. The van der Waals surface area contributed by atoms with Crippen LogP contribution in [0.2, 0.25) is 0 Å². The number of unbranched alkanes of at least 4 members (excludes halogenated alkanes) is 1. The van der Waals surface area contributed by atoms with Crippen LogP contribution in [0.3, 0.4) is 0 Å². The predicted molar refractivity (Wildman–Crippen MR) is 64.2 cm³/mol. The van der Waals surface area contributed by atoms with Crippen LogP contribution in [0.15, 0.2) is 18.2 Å². The highest BCUT2D eigenvalue weighted by Crippen LogP contribution is 2.15. The Labute approximate surface area is 101 Å². The van der Waals surface area contributed by atoms with Gasteiger partial charge in [-0.2, -0.15) is 0 Å². The number of ether oxygens (including phenoxy) is 1. The topological polar surface area (TPSA) is 21.3 Å². The molecule has 0 atom stereocenters. The van der Waals surface area contributed by atoms with Crippen LogP contribution in [0.4, 0.5) is 8.78 Å². The fraction of sp³-hybridized carbons (Fsp3) is 0.538. The van der Waals surface area contributed by atoms with Crippen LogP contribution in [0, 0.1) is 11.6 Å². The van der Waals surface area contributed by atoms with Crippen molar-refractivity contribution in [2.24, 2.45) is 0 Å². The Morgan fingerprint density at radius 3 is 2.65 bits per heavy atom. The van der Waals surface area contributed by atoms with E-state index in [0.29, 0.717) is 12.4 Å². The smallest absolute Gasteiger partial charge is 0.162 e. The van der Waals surface area contributed by atoms with Crippen LogP contribution in [0.1, 0.15) is 26.2 Å². The summed E-state index contributed by atoms with van der Waals surface area (Å²) in [4.78, 5) is 0. The Morgan fingerprint density at radius 2 is 1.94 bits per heavy atom. The van der Waals surface area contributed by atoms with Crippen LogP contribution in [0.25, 0.3) is 0 Å². The van der Waals surface area contributed by atoms with Crippen molar-refractivity contribution in [1.29, 1.82) is 0 Å². The lowest BCUT2D eigenvalue weighted by Crippen LogP contribution is -2.16. The summed E-state index contributed by atoms with van der Waals surface area (Å²) in [6, 6.07) is 3.59. The van der Waals surface area contributed by atoms with E-state index in [4.69, 9.17) is 4.74 Å². The van der Waals surface area contributed by atoms with Crippen molar-refractivity contribution < 1.29 is 13.5 Å². The van der Waals surface area contributed by atoms with Gasteiger partial charge in [-0.05, 0) is 44.5 Å². The number of benzene rings is 1. The van der Waals surface area contributed by atoms with Gasteiger partial charge >= 0.3 is 0 Å². The first-order valence-electron chi connectivity index (χ1n) is 6.02. The lowest BCUT2D eigenvalue weighted by molar-refractivity contribution is 0.303. The lowest BCUT2D eigenvalue weighted by Gasteiger charge is -2.06. The summed E-state index contributed by atoms with van der Waals surface area (Å²) in [5.41, 5.74) is 0. The Hall–Kier alpha value is -1.16. The van der Waals surface area contributed by atoms with Gasteiger partial charge in [0.15, 0.2) is 11.6 Å². The third-order valence-corrected chi connectivity index (χ3v) is 2.33. The van der Waals surface area contributed by atoms with E-state index in [1.165, 1.54) is 6.07 Å². The Kier molecular flexibility index (Phi) is 6.55. The van der Waals surface area contributed by atoms with Gasteiger partial charge in [-0.1, -0.05) is 6.92 Å². The van der Waals surface area contributed by atoms with Crippen LogP contribution in [-0.4, -0.2) is 19.7 Å². The summed E-state index contributed by atoms with van der Waals surface area (Å²) >= 11 is 0. The molecule has 0 fully saturated rings. The summed E-state index contributed by atoms with van der Waals surface area (Å²) in [6.07, 6.45) is 3.05.